The smallest absolute Gasteiger partial charge is 0.131 e. The van der Waals surface area contributed by atoms with Gasteiger partial charge in [-0.05, 0) is 25.0 Å². The molecule has 0 bridgehead atoms. The zero-order valence-electron chi connectivity index (χ0n) is 11.7. The van der Waals surface area contributed by atoms with Crippen molar-refractivity contribution in [2.75, 3.05) is 33.4 Å². The molecule has 2 atom stereocenters. The van der Waals surface area contributed by atoms with Crippen molar-refractivity contribution in [2.24, 2.45) is 5.92 Å². The van der Waals surface area contributed by atoms with Gasteiger partial charge in [-0.3, -0.25) is 0 Å². The monoisotopic (exact) mass is 285 g/mol. The lowest BCUT2D eigenvalue weighted by molar-refractivity contribution is -0.0318. The van der Waals surface area contributed by atoms with Crippen LogP contribution in [0.15, 0.2) is 18.2 Å². The minimum Gasteiger partial charge on any atom is -0.383 e. The van der Waals surface area contributed by atoms with Crippen molar-refractivity contribution < 1.29 is 18.3 Å². The first-order chi connectivity index (χ1) is 9.74. The third-order valence-electron chi connectivity index (χ3n) is 3.62. The molecule has 1 N–H and O–H groups in total. The molecule has 20 heavy (non-hydrogen) atoms. The maximum Gasteiger partial charge on any atom is 0.131 e. The fraction of sp³-hybridized carbons (Fsp3) is 0.600. The highest BCUT2D eigenvalue weighted by atomic mass is 19.1. The molecule has 1 aromatic carbocycles. The van der Waals surface area contributed by atoms with Crippen molar-refractivity contribution >= 4 is 0 Å². The lowest BCUT2D eigenvalue weighted by Gasteiger charge is -2.32. The highest BCUT2D eigenvalue weighted by Gasteiger charge is 2.31. The molecule has 2 rings (SSSR count). The van der Waals surface area contributed by atoms with Crippen LogP contribution in [0, 0.1) is 17.6 Å². The Kier molecular flexibility index (Phi) is 5.88. The Bertz CT molecular complexity index is 408. The van der Waals surface area contributed by atoms with Gasteiger partial charge in [-0.25, -0.2) is 8.78 Å². The van der Waals surface area contributed by atoms with Gasteiger partial charge in [0.05, 0.1) is 18.3 Å². The summed E-state index contributed by atoms with van der Waals surface area (Å²) in [5.74, 6) is -0.982. The van der Waals surface area contributed by atoms with Gasteiger partial charge in [-0.15, -0.1) is 0 Å². The molecule has 1 aromatic rings. The Labute approximate surface area is 118 Å². The quantitative estimate of drug-likeness (QED) is 0.815. The second-order valence-corrected chi connectivity index (χ2v) is 5.03. The first kappa shape index (κ1) is 15.4. The molecule has 0 radical (unpaired) electrons. The van der Waals surface area contributed by atoms with Gasteiger partial charge in [0.2, 0.25) is 0 Å². The van der Waals surface area contributed by atoms with E-state index in [1.165, 1.54) is 18.2 Å². The van der Waals surface area contributed by atoms with Crippen LogP contribution >= 0.6 is 0 Å². The van der Waals surface area contributed by atoms with Crippen LogP contribution in [0.5, 0.6) is 0 Å². The van der Waals surface area contributed by atoms with Crippen LogP contribution < -0.4 is 5.32 Å². The van der Waals surface area contributed by atoms with Crippen molar-refractivity contribution in [3.05, 3.63) is 35.4 Å². The van der Waals surface area contributed by atoms with Gasteiger partial charge in [0, 0.05) is 32.7 Å². The topological polar surface area (TPSA) is 30.5 Å². The predicted molar refractivity (Wildman–Crippen MR) is 72.5 cm³/mol. The van der Waals surface area contributed by atoms with Crippen molar-refractivity contribution in [1.29, 1.82) is 0 Å². The van der Waals surface area contributed by atoms with Crippen molar-refractivity contribution in [1.82, 2.24) is 5.32 Å². The lowest BCUT2D eigenvalue weighted by Crippen LogP contribution is -2.34. The van der Waals surface area contributed by atoms with Crippen LogP contribution in [0.1, 0.15) is 24.5 Å². The van der Waals surface area contributed by atoms with Gasteiger partial charge in [-0.2, -0.15) is 0 Å². The zero-order valence-corrected chi connectivity index (χ0v) is 11.7. The number of nitrogens with one attached hydrogen (secondary N) is 1. The molecule has 1 aliphatic heterocycles. The molecule has 0 aliphatic carbocycles. The average molecular weight is 285 g/mol. The Balaban J connectivity index is 2.06. The number of hydrogen-bond donors (Lipinski definition) is 1. The normalized spacial score (nSPS) is 22.9. The summed E-state index contributed by atoms with van der Waals surface area (Å²) in [5.41, 5.74) is 0.0609. The molecule has 112 valence electrons. The fourth-order valence-corrected chi connectivity index (χ4v) is 2.62. The number of methoxy groups -OCH3 is 1. The third-order valence-corrected chi connectivity index (χ3v) is 3.62. The maximum atomic E-state index is 13.9. The summed E-state index contributed by atoms with van der Waals surface area (Å²) >= 11 is 0. The summed E-state index contributed by atoms with van der Waals surface area (Å²) in [6, 6.07) is 3.94. The van der Waals surface area contributed by atoms with E-state index in [2.05, 4.69) is 5.32 Å². The van der Waals surface area contributed by atoms with Crippen LogP contribution in [0.2, 0.25) is 0 Å². The number of rotatable bonds is 6. The van der Waals surface area contributed by atoms with E-state index in [0.717, 1.165) is 19.4 Å². The van der Waals surface area contributed by atoms with Crippen molar-refractivity contribution in [3.63, 3.8) is 0 Å². The number of halogens is 2. The largest absolute Gasteiger partial charge is 0.383 e. The Morgan fingerprint density at radius 3 is 2.80 bits per heavy atom. The van der Waals surface area contributed by atoms with Gasteiger partial charge in [-0.1, -0.05) is 6.07 Å². The van der Waals surface area contributed by atoms with E-state index >= 15 is 0 Å². The van der Waals surface area contributed by atoms with Gasteiger partial charge >= 0.3 is 0 Å². The Morgan fingerprint density at radius 1 is 1.35 bits per heavy atom. The number of ether oxygens (including phenoxy) is 2. The van der Waals surface area contributed by atoms with Crippen molar-refractivity contribution in [2.45, 2.75) is 18.9 Å². The van der Waals surface area contributed by atoms with Crippen LogP contribution in [0.25, 0.3) is 0 Å². The van der Waals surface area contributed by atoms with E-state index in [1.54, 1.807) is 7.11 Å². The average Bonchev–Trinajstić information content (AvgIpc) is 2.45. The lowest BCUT2D eigenvalue weighted by atomic mass is 9.89. The van der Waals surface area contributed by atoms with E-state index in [-0.39, 0.29) is 11.5 Å². The van der Waals surface area contributed by atoms with Crippen LogP contribution in [-0.2, 0) is 9.47 Å². The van der Waals surface area contributed by atoms with Gasteiger partial charge < -0.3 is 14.8 Å². The first-order valence-electron chi connectivity index (χ1n) is 6.99. The van der Waals surface area contributed by atoms with Crippen molar-refractivity contribution in [3.8, 4) is 0 Å². The third kappa shape index (κ3) is 3.75. The van der Waals surface area contributed by atoms with E-state index in [1.807, 2.05) is 0 Å². The Hall–Kier alpha value is -1.04. The summed E-state index contributed by atoms with van der Waals surface area (Å²) in [4.78, 5) is 0. The number of benzene rings is 1. The molecular weight excluding hydrogens is 264 g/mol. The van der Waals surface area contributed by atoms with Crippen LogP contribution in [0.3, 0.4) is 0 Å². The second-order valence-electron chi connectivity index (χ2n) is 5.03. The summed E-state index contributed by atoms with van der Waals surface area (Å²) in [7, 11) is 1.64. The molecule has 1 fully saturated rings. The molecule has 3 nitrogen and oxygen atoms in total. The van der Waals surface area contributed by atoms with Gasteiger partial charge in [0.15, 0.2) is 0 Å². The first-order valence-corrected chi connectivity index (χ1v) is 6.99. The molecule has 5 heteroatoms. The molecule has 0 saturated carbocycles. The molecule has 2 unspecified atom stereocenters. The highest BCUT2D eigenvalue weighted by molar-refractivity contribution is 5.23. The summed E-state index contributed by atoms with van der Waals surface area (Å²) in [6.07, 6.45) is 1.31. The second kappa shape index (κ2) is 7.67. The SMILES string of the molecule is COCCNCC1CCCOC1c1c(F)cccc1F. The molecule has 1 heterocycles. The zero-order chi connectivity index (χ0) is 14.4. The van der Waals surface area contributed by atoms with E-state index in [4.69, 9.17) is 9.47 Å². The van der Waals surface area contributed by atoms with Crippen LogP contribution in [-0.4, -0.2) is 33.4 Å². The standard InChI is InChI=1S/C15H21F2NO2/c1-19-9-7-18-10-11-4-3-8-20-15(11)14-12(16)5-2-6-13(14)17/h2,5-6,11,15,18H,3-4,7-10H2,1H3. The summed E-state index contributed by atoms with van der Waals surface area (Å²) in [5, 5.41) is 3.24. The molecule has 0 amide bonds. The van der Waals surface area contributed by atoms with E-state index < -0.39 is 17.7 Å². The van der Waals surface area contributed by atoms with E-state index in [9.17, 15) is 8.78 Å². The minimum atomic E-state index is -0.529. The molecule has 1 aliphatic rings. The maximum absolute atomic E-state index is 13.9. The van der Waals surface area contributed by atoms with Crippen LogP contribution in [0.4, 0.5) is 8.78 Å². The van der Waals surface area contributed by atoms with Gasteiger partial charge in [0.1, 0.15) is 11.6 Å². The molecular formula is C15H21F2NO2. The molecule has 0 aromatic heterocycles. The highest BCUT2D eigenvalue weighted by Crippen LogP contribution is 2.35. The Morgan fingerprint density at radius 2 is 2.10 bits per heavy atom. The van der Waals surface area contributed by atoms with Gasteiger partial charge in [0.25, 0.3) is 0 Å². The summed E-state index contributed by atoms with van der Waals surface area (Å²) in [6.45, 7) is 2.56. The van der Waals surface area contributed by atoms with E-state index in [0.29, 0.717) is 19.8 Å². The molecule has 0 spiro atoms. The number of hydrogen-bond acceptors (Lipinski definition) is 3. The molecule has 1 saturated heterocycles. The minimum absolute atomic E-state index is 0.0609. The predicted octanol–water partition coefficient (Wildman–Crippen LogP) is 2.67. The fourth-order valence-electron chi connectivity index (χ4n) is 2.62. The summed E-state index contributed by atoms with van der Waals surface area (Å²) < 4.78 is 38.4.